The van der Waals surface area contributed by atoms with Crippen molar-refractivity contribution in [2.75, 3.05) is 11.1 Å². The number of nitrogen functional groups attached to an aromatic ring is 1. The van der Waals surface area contributed by atoms with E-state index in [0.717, 1.165) is 5.56 Å². The Hall–Kier alpha value is -1.88. The van der Waals surface area contributed by atoms with Gasteiger partial charge in [0.05, 0.1) is 5.02 Å². The minimum Gasteiger partial charge on any atom is -0.383 e. The minimum atomic E-state index is -0.484. The molecule has 0 saturated heterocycles. The van der Waals surface area contributed by atoms with Crippen LogP contribution >= 0.6 is 11.6 Å². The Kier molecular flexibility index (Phi) is 3.85. The molecule has 2 aromatic rings. The Labute approximate surface area is 115 Å². The summed E-state index contributed by atoms with van der Waals surface area (Å²) in [4.78, 5) is 8.50. The van der Waals surface area contributed by atoms with Crippen molar-refractivity contribution in [1.82, 2.24) is 9.97 Å². The van der Waals surface area contributed by atoms with E-state index in [-0.39, 0.29) is 5.02 Å². The number of anilines is 3. The number of nitrogens with one attached hydrogen (secondary N) is 1. The molecule has 0 saturated carbocycles. The van der Waals surface area contributed by atoms with E-state index in [1.54, 1.807) is 6.07 Å². The van der Waals surface area contributed by atoms with Gasteiger partial charge in [0, 0.05) is 17.7 Å². The number of rotatable bonds is 3. The Bertz CT molecular complexity index is 616. The summed E-state index contributed by atoms with van der Waals surface area (Å²) in [6, 6.07) is 4.47. The molecule has 0 spiro atoms. The van der Waals surface area contributed by atoms with E-state index in [0.29, 0.717) is 29.6 Å². The molecule has 4 nitrogen and oxygen atoms in total. The van der Waals surface area contributed by atoms with Crippen molar-refractivity contribution in [3.05, 3.63) is 40.4 Å². The molecule has 0 aliphatic carbocycles. The van der Waals surface area contributed by atoms with E-state index in [2.05, 4.69) is 15.3 Å². The molecule has 0 radical (unpaired) electrons. The fourth-order valence-electron chi connectivity index (χ4n) is 1.57. The van der Waals surface area contributed by atoms with E-state index in [9.17, 15) is 4.39 Å². The molecule has 0 atom stereocenters. The van der Waals surface area contributed by atoms with Gasteiger partial charge in [-0.3, -0.25) is 0 Å². The fourth-order valence-corrected chi connectivity index (χ4v) is 1.69. The molecule has 0 aliphatic rings. The molecule has 6 heteroatoms. The molecule has 0 fully saturated rings. The number of benzene rings is 1. The zero-order chi connectivity index (χ0) is 14.0. The summed E-state index contributed by atoms with van der Waals surface area (Å²) in [7, 11) is 0. The summed E-state index contributed by atoms with van der Waals surface area (Å²) in [5, 5.41) is 3.11. The van der Waals surface area contributed by atoms with E-state index in [1.165, 1.54) is 12.1 Å². The highest BCUT2D eigenvalue weighted by Gasteiger charge is 2.09. The van der Waals surface area contributed by atoms with Gasteiger partial charge in [-0.2, -0.15) is 0 Å². The summed E-state index contributed by atoms with van der Waals surface area (Å²) in [6.45, 7) is 3.75. The standard InChI is InChI=1S/C13H14ClFN4/c1-3-11-18-12(16)7(2)13(19-11)17-8-4-5-9(14)10(15)6-8/h4-6H,3H2,1-2H3,(H3,16,17,18,19). The quantitative estimate of drug-likeness (QED) is 0.904. The Balaban J connectivity index is 2.37. The van der Waals surface area contributed by atoms with E-state index in [4.69, 9.17) is 17.3 Å². The Morgan fingerprint density at radius 1 is 1.37 bits per heavy atom. The molecule has 1 heterocycles. The number of hydrogen-bond donors (Lipinski definition) is 2. The number of nitrogens with two attached hydrogens (primary N) is 1. The maximum absolute atomic E-state index is 13.4. The second kappa shape index (κ2) is 5.40. The average molecular weight is 281 g/mol. The molecule has 0 aliphatic heterocycles. The van der Waals surface area contributed by atoms with Gasteiger partial charge in [0.25, 0.3) is 0 Å². The highest BCUT2D eigenvalue weighted by molar-refractivity contribution is 6.30. The van der Waals surface area contributed by atoms with E-state index in [1.807, 2.05) is 13.8 Å². The maximum atomic E-state index is 13.4. The second-order valence-corrected chi connectivity index (χ2v) is 4.51. The fraction of sp³-hybridized carbons (Fsp3) is 0.231. The number of aromatic nitrogens is 2. The normalized spacial score (nSPS) is 10.5. The zero-order valence-electron chi connectivity index (χ0n) is 10.7. The lowest BCUT2D eigenvalue weighted by molar-refractivity contribution is 0.629. The first-order chi connectivity index (χ1) is 9.01. The van der Waals surface area contributed by atoms with Crippen molar-refractivity contribution >= 4 is 28.9 Å². The van der Waals surface area contributed by atoms with Gasteiger partial charge in [-0.15, -0.1) is 0 Å². The predicted molar refractivity (Wildman–Crippen MR) is 75.3 cm³/mol. The van der Waals surface area contributed by atoms with E-state index >= 15 is 0 Å². The predicted octanol–water partition coefficient (Wildman–Crippen LogP) is 3.47. The van der Waals surface area contributed by atoms with Gasteiger partial charge >= 0.3 is 0 Å². The summed E-state index contributed by atoms with van der Waals surface area (Å²) in [5.74, 6) is 1.15. The monoisotopic (exact) mass is 280 g/mol. The van der Waals surface area contributed by atoms with Crippen molar-refractivity contribution in [2.45, 2.75) is 20.3 Å². The average Bonchev–Trinajstić information content (AvgIpc) is 2.39. The lowest BCUT2D eigenvalue weighted by Crippen LogP contribution is -2.06. The first-order valence-electron chi connectivity index (χ1n) is 5.86. The van der Waals surface area contributed by atoms with Crippen LogP contribution in [0.25, 0.3) is 0 Å². The summed E-state index contributed by atoms with van der Waals surface area (Å²) < 4.78 is 13.4. The van der Waals surface area contributed by atoms with Crippen LogP contribution in [0.4, 0.5) is 21.7 Å². The van der Waals surface area contributed by atoms with Gasteiger partial charge in [0.2, 0.25) is 0 Å². The molecular weight excluding hydrogens is 267 g/mol. The van der Waals surface area contributed by atoms with Gasteiger partial charge in [-0.1, -0.05) is 18.5 Å². The summed E-state index contributed by atoms with van der Waals surface area (Å²) in [5.41, 5.74) is 7.11. The minimum absolute atomic E-state index is 0.0821. The lowest BCUT2D eigenvalue weighted by atomic mass is 10.2. The van der Waals surface area contributed by atoms with Crippen LogP contribution in [0.1, 0.15) is 18.3 Å². The van der Waals surface area contributed by atoms with Gasteiger partial charge in [0.15, 0.2) is 0 Å². The molecule has 0 amide bonds. The van der Waals surface area contributed by atoms with Crippen LogP contribution < -0.4 is 11.1 Å². The van der Waals surface area contributed by atoms with Gasteiger partial charge in [-0.05, 0) is 25.1 Å². The van der Waals surface area contributed by atoms with Crippen LogP contribution in [0, 0.1) is 12.7 Å². The highest BCUT2D eigenvalue weighted by Crippen LogP contribution is 2.24. The number of nitrogens with zero attached hydrogens (tertiary/aromatic N) is 2. The van der Waals surface area contributed by atoms with Gasteiger partial charge in [0.1, 0.15) is 23.3 Å². The smallest absolute Gasteiger partial charge is 0.143 e. The molecule has 0 unspecified atom stereocenters. The third kappa shape index (κ3) is 2.93. The van der Waals surface area contributed by atoms with Crippen LogP contribution in [0.3, 0.4) is 0 Å². The number of hydrogen-bond acceptors (Lipinski definition) is 4. The molecule has 0 bridgehead atoms. The maximum Gasteiger partial charge on any atom is 0.143 e. The molecular formula is C13H14ClFN4. The largest absolute Gasteiger partial charge is 0.383 e. The first-order valence-corrected chi connectivity index (χ1v) is 6.24. The van der Waals surface area contributed by atoms with Crippen LogP contribution in [0.15, 0.2) is 18.2 Å². The lowest BCUT2D eigenvalue weighted by Gasteiger charge is -2.11. The van der Waals surface area contributed by atoms with Gasteiger partial charge in [-0.25, -0.2) is 14.4 Å². The van der Waals surface area contributed by atoms with Crippen molar-refractivity contribution in [2.24, 2.45) is 0 Å². The van der Waals surface area contributed by atoms with Crippen LogP contribution in [0.5, 0.6) is 0 Å². The zero-order valence-corrected chi connectivity index (χ0v) is 11.4. The van der Waals surface area contributed by atoms with Crippen LogP contribution in [-0.2, 0) is 6.42 Å². The molecule has 1 aromatic heterocycles. The van der Waals surface area contributed by atoms with Crippen LogP contribution in [-0.4, -0.2) is 9.97 Å². The molecule has 1 aromatic carbocycles. The van der Waals surface area contributed by atoms with Crippen molar-refractivity contribution in [3.63, 3.8) is 0 Å². The highest BCUT2D eigenvalue weighted by atomic mass is 35.5. The number of halogens is 2. The van der Waals surface area contributed by atoms with Gasteiger partial charge < -0.3 is 11.1 Å². The summed E-state index contributed by atoms with van der Waals surface area (Å²) in [6.07, 6.45) is 0.675. The van der Waals surface area contributed by atoms with Crippen LogP contribution in [0.2, 0.25) is 5.02 Å². The van der Waals surface area contributed by atoms with E-state index < -0.39 is 5.82 Å². The topological polar surface area (TPSA) is 63.8 Å². The molecule has 2 rings (SSSR count). The Morgan fingerprint density at radius 3 is 2.74 bits per heavy atom. The van der Waals surface area contributed by atoms with Crippen molar-refractivity contribution < 1.29 is 4.39 Å². The molecule has 100 valence electrons. The van der Waals surface area contributed by atoms with Crippen molar-refractivity contribution in [3.8, 4) is 0 Å². The second-order valence-electron chi connectivity index (χ2n) is 4.11. The Morgan fingerprint density at radius 2 is 2.11 bits per heavy atom. The summed E-state index contributed by atoms with van der Waals surface area (Å²) >= 11 is 5.64. The number of aryl methyl sites for hydroxylation is 1. The molecule has 19 heavy (non-hydrogen) atoms. The third-order valence-electron chi connectivity index (χ3n) is 2.73. The SMILES string of the molecule is CCc1nc(N)c(C)c(Nc2ccc(Cl)c(F)c2)n1. The van der Waals surface area contributed by atoms with Crippen molar-refractivity contribution in [1.29, 1.82) is 0 Å². The third-order valence-corrected chi connectivity index (χ3v) is 3.03. The molecule has 3 N–H and O–H groups in total. The first kappa shape index (κ1) is 13.5.